The van der Waals surface area contributed by atoms with Crippen LogP contribution in [0.25, 0.3) is 0 Å². The van der Waals surface area contributed by atoms with Crippen molar-refractivity contribution in [3.63, 3.8) is 0 Å². The van der Waals surface area contributed by atoms with E-state index in [0.717, 1.165) is 12.1 Å². The first-order valence-corrected chi connectivity index (χ1v) is 6.84. The quantitative estimate of drug-likeness (QED) is 0.678. The van der Waals surface area contributed by atoms with Gasteiger partial charge in [0.15, 0.2) is 11.5 Å². The van der Waals surface area contributed by atoms with Crippen LogP contribution in [0.4, 0.5) is 0 Å². The summed E-state index contributed by atoms with van der Waals surface area (Å²) < 4.78 is 11.1. The number of fused-ring (bicyclic) bond motifs is 1. The molecule has 0 aromatic heterocycles. The summed E-state index contributed by atoms with van der Waals surface area (Å²) in [6.45, 7) is 6.25. The summed E-state index contributed by atoms with van der Waals surface area (Å²) in [5.74, 6) is 1.30. The minimum Gasteiger partial charge on any atom is -0.485 e. The molecule has 1 aromatic rings. The second-order valence-corrected chi connectivity index (χ2v) is 4.90. The Morgan fingerprint density at radius 1 is 1.45 bits per heavy atom. The van der Waals surface area contributed by atoms with Gasteiger partial charge in [-0.25, -0.2) is 5.43 Å². The van der Waals surface area contributed by atoms with Crippen molar-refractivity contribution in [2.75, 3.05) is 6.61 Å². The largest absolute Gasteiger partial charge is 0.485 e. The molecule has 20 heavy (non-hydrogen) atoms. The van der Waals surface area contributed by atoms with Crippen molar-refractivity contribution in [2.45, 2.75) is 33.3 Å². The molecule has 2 atom stereocenters. The Balaban J connectivity index is 1.95. The summed E-state index contributed by atoms with van der Waals surface area (Å²) in [7, 11) is 0. The first-order valence-electron chi connectivity index (χ1n) is 6.84. The highest BCUT2D eigenvalue weighted by Gasteiger charge is 2.27. The van der Waals surface area contributed by atoms with E-state index in [-0.39, 0.29) is 12.5 Å². The number of para-hydroxylation sites is 2. The summed E-state index contributed by atoms with van der Waals surface area (Å²) >= 11 is 0. The molecule has 0 saturated heterocycles. The van der Waals surface area contributed by atoms with Crippen LogP contribution < -0.4 is 14.9 Å². The molecular weight excluding hydrogens is 256 g/mol. The zero-order chi connectivity index (χ0) is 14.5. The average Bonchev–Trinajstić information content (AvgIpc) is 2.50. The summed E-state index contributed by atoms with van der Waals surface area (Å²) in [6, 6.07) is 7.30. The zero-order valence-electron chi connectivity index (χ0n) is 12.1. The predicted octanol–water partition coefficient (Wildman–Crippen LogP) is 2.36. The second-order valence-electron chi connectivity index (χ2n) is 4.90. The van der Waals surface area contributed by atoms with Gasteiger partial charge in [0.1, 0.15) is 6.61 Å². The Bertz CT molecular complexity index is 514. The maximum Gasteiger partial charge on any atom is 0.284 e. The Hall–Kier alpha value is -2.04. The van der Waals surface area contributed by atoms with Crippen molar-refractivity contribution in [1.29, 1.82) is 0 Å². The Morgan fingerprint density at radius 3 is 2.85 bits per heavy atom. The smallest absolute Gasteiger partial charge is 0.284 e. The first kappa shape index (κ1) is 14.4. The number of carbonyl (C=O) groups excluding carboxylic acids is 1. The van der Waals surface area contributed by atoms with E-state index in [1.54, 1.807) is 6.07 Å². The number of hydrazone groups is 1. The molecular formula is C15H20N2O3. The summed E-state index contributed by atoms with van der Waals surface area (Å²) in [5, 5.41) is 4.11. The average molecular weight is 276 g/mol. The minimum atomic E-state index is -0.668. The van der Waals surface area contributed by atoms with Gasteiger partial charge in [-0.2, -0.15) is 5.10 Å². The standard InChI is InChI=1S/C15H20N2O3/c1-4-10(2)11(3)16-17-15(18)14-9-19-12-7-5-6-8-13(12)20-14/h5-8,10,14H,4,9H2,1-3H3,(H,17,18)/b16-11-/t10-,14-/m0/s1. The summed E-state index contributed by atoms with van der Waals surface area (Å²) in [5.41, 5.74) is 3.44. The van der Waals surface area contributed by atoms with Gasteiger partial charge in [-0.15, -0.1) is 0 Å². The molecule has 0 saturated carbocycles. The SMILES string of the molecule is CC[C@H](C)/C(C)=N\NC(=O)[C@@H]1COc2ccccc2O1. The molecule has 108 valence electrons. The molecule has 0 aliphatic carbocycles. The lowest BCUT2D eigenvalue weighted by Crippen LogP contribution is -2.42. The van der Waals surface area contributed by atoms with Gasteiger partial charge in [-0.05, 0) is 31.4 Å². The molecule has 1 aliphatic heterocycles. The molecule has 1 amide bonds. The van der Waals surface area contributed by atoms with Gasteiger partial charge in [0.2, 0.25) is 6.10 Å². The van der Waals surface area contributed by atoms with E-state index < -0.39 is 6.10 Å². The van der Waals surface area contributed by atoms with E-state index in [0.29, 0.717) is 17.4 Å². The number of benzene rings is 1. The van der Waals surface area contributed by atoms with Crippen LogP contribution in [0.5, 0.6) is 11.5 Å². The highest BCUT2D eigenvalue weighted by molar-refractivity contribution is 5.87. The van der Waals surface area contributed by atoms with Crippen LogP contribution in [0.3, 0.4) is 0 Å². The van der Waals surface area contributed by atoms with Crippen LogP contribution in [0.1, 0.15) is 27.2 Å². The van der Waals surface area contributed by atoms with Crippen molar-refractivity contribution in [2.24, 2.45) is 11.0 Å². The van der Waals surface area contributed by atoms with Gasteiger partial charge in [0.25, 0.3) is 5.91 Å². The summed E-state index contributed by atoms with van der Waals surface area (Å²) in [4.78, 5) is 12.0. The molecule has 1 aliphatic rings. The van der Waals surface area contributed by atoms with Crippen LogP contribution in [-0.2, 0) is 4.79 Å². The minimum absolute atomic E-state index is 0.195. The fourth-order valence-electron chi connectivity index (χ4n) is 1.77. The van der Waals surface area contributed by atoms with Crippen molar-refractivity contribution in [3.05, 3.63) is 24.3 Å². The van der Waals surface area contributed by atoms with Gasteiger partial charge >= 0.3 is 0 Å². The van der Waals surface area contributed by atoms with Crippen LogP contribution >= 0.6 is 0 Å². The van der Waals surface area contributed by atoms with Crippen LogP contribution in [0.15, 0.2) is 29.4 Å². The van der Waals surface area contributed by atoms with Crippen molar-refractivity contribution in [1.82, 2.24) is 5.43 Å². The van der Waals surface area contributed by atoms with E-state index in [4.69, 9.17) is 9.47 Å². The Morgan fingerprint density at radius 2 is 2.15 bits per heavy atom. The van der Waals surface area contributed by atoms with Crippen molar-refractivity contribution < 1.29 is 14.3 Å². The van der Waals surface area contributed by atoms with E-state index in [1.807, 2.05) is 25.1 Å². The molecule has 0 bridgehead atoms. The molecule has 0 spiro atoms. The van der Waals surface area contributed by atoms with E-state index in [9.17, 15) is 4.79 Å². The van der Waals surface area contributed by atoms with Crippen LogP contribution in [-0.4, -0.2) is 24.3 Å². The van der Waals surface area contributed by atoms with Crippen molar-refractivity contribution in [3.8, 4) is 11.5 Å². The number of amides is 1. The molecule has 5 heteroatoms. The molecule has 0 radical (unpaired) electrons. The highest BCUT2D eigenvalue weighted by atomic mass is 16.6. The van der Waals surface area contributed by atoms with Crippen LogP contribution in [0, 0.1) is 5.92 Å². The maximum atomic E-state index is 12.0. The number of nitrogens with one attached hydrogen (secondary N) is 1. The lowest BCUT2D eigenvalue weighted by Gasteiger charge is -2.25. The fraction of sp³-hybridized carbons (Fsp3) is 0.467. The Labute approximate surface area is 119 Å². The van der Waals surface area contributed by atoms with Gasteiger partial charge in [-0.3, -0.25) is 4.79 Å². The lowest BCUT2D eigenvalue weighted by atomic mass is 10.1. The molecule has 0 fully saturated rings. The number of hydrogen-bond acceptors (Lipinski definition) is 4. The third kappa shape index (κ3) is 3.29. The molecule has 1 aromatic carbocycles. The fourth-order valence-corrected chi connectivity index (χ4v) is 1.77. The monoisotopic (exact) mass is 276 g/mol. The van der Waals surface area contributed by atoms with Crippen LogP contribution in [0.2, 0.25) is 0 Å². The number of rotatable bonds is 4. The maximum absolute atomic E-state index is 12.0. The molecule has 1 heterocycles. The first-order chi connectivity index (χ1) is 9.61. The number of carbonyl (C=O) groups is 1. The molecule has 0 unspecified atom stereocenters. The molecule has 1 N–H and O–H groups in total. The second kappa shape index (κ2) is 6.41. The van der Waals surface area contributed by atoms with E-state index in [1.165, 1.54) is 0 Å². The number of hydrogen-bond donors (Lipinski definition) is 1. The zero-order valence-corrected chi connectivity index (χ0v) is 12.1. The third-order valence-corrected chi connectivity index (χ3v) is 3.47. The topological polar surface area (TPSA) is 59.9 Å². The van der Waals surface area contributed by atoms with Gasteiger partial charge in [0, 0.05) is 5.71 Å². The van der Waals surface area contributed by atoms with Crippen molar-refractivity contribution >= 4 is 11.6 Å². The number of nitrogens with zero attached hydrogens (tertiary/aromatic N) is 1. The van der Waals surface area contributed by atoms with Gasteiger partial charge in [0.05, 0.1) is 0 Å². The van der Waals surface area contributed by atoms with Gasteiger partial charge in [-0.1, -0.05) is 26.0 Å². The highest BCUT2D eigenvalue weighted by Crippen LogP contribution is 2.30. The molecule has 5 nitrogen and oxygen atoms in total. The predicted molar refractivity (Wildman–Crippen MR) is 77.1 cm³/mol. The molecule has 2 rings (SSSR count). The number of ether oxygens (including phenoxy) is 2. The van der Waals surface area contributed by atoms with Gasteiger partial charge < -0.3 is 9.47 Å². The Kier molecular flexibility index (Phi) is 4.61. The normalized spacial score (nSPS) is 19.4. The van der Waals surface area contributed by atoms with E-state index >= 15 is 0 Å². The lowest BCUT2D eigenvalue weighted by molar-refractivity contribution is -0.130. The summed E-state index contributed by atoms with van der Waals surface area (Å²) in [6.07, 6.45) is 0.320. The van der Waals surface area contributed by atoms with E-state index in [2.05, 4.69) is 24.4 Å². The third-order valence-electron chi connectivity index (χ3n) is 3.47.